The summed E-state index contributed by atoms with van der Waals surface area (Å²) in [6, 6.07) is 12.9. The smallest absolute Gasteiger partial charge is 0.314 e. The van der Waals surface area contributed by atoms with Crippen LogP contribution in [0.5, 0.6) is 11.5 Å². The number of nitrogens with zero attached hydrogens (tertiary/aromatic N) is 1. The lowest BCUT2D eigenvalue weighted by atomic mass is 9.97. The molecule has 0 spiro atoms. The molecule has 0 aliphatic carbocycles. The third kappa shape index (κ3) is 6.00. The van der Waals surface area contributed by atoms with Crippen LogP contribution in [0.2, 0.25) is 0 Å². The lowest BCUT2D eigenvalue weighted by Crippen LogP contribution is -2.09. The Morgan fingerprint density at radius 1 is 1.17 bits per heavy atom. The van der Waals surface area contributed by atoms with Crippen LogP contribution in [0.3, 0.4) is 0 Å². The predicted octanol–water partition coefficient (Wildman–Crippen LogP) is 5.20. The molecule has 0 aliphatic heterocycles. The van der Waals surface area contributed by atoms with Gasteiger partial charge < -0.3 is 14.2 Å². The molecule has 0 saturated heterocycles. The molecule has 2 rings (SSSR count). The van der Waals surface area contributed by atoms with E-state index in [1.54, 1.807) is 23.9 Å². The maximum atomic E-state index is 11.6. The van der Waals surface area contributed by atoms with Gasteiger partial charge in [0.25, 0.3) is 0 Å². The molecule has 7 nitrogen and oxygen atoms in total. The zero-order valence-electron chi connectivity index (χ0n) is 17.4. The molecule has 0 N–H and O–H groups in total. The molecular weight excluding hydrogens is 406 g/mol. The number of hydrogen-bond donors (Lipinski definition) is 0. The van der Waals surface area contributed by atoms with E-state index in [2.05, 4.69) is 4.74 Å². The van der Waals surface area contributed by atoms with Gasteiger partial charge in [-0.1, -0.05) is 37.3 Å². The average Bonchev–Trinajstić information content (AvgIpc) is 2.76. The van der Waals surface area contributed by atoms with E-state index in [4.69, 9.17) is 9.47 Å². The van der Waals surface area contributed by atoms with E-state index in [1.165, 1.54) is 27.4 Å². The summed E-state index contributed by atoms with van der Waals surface area (Å²) in [6.45, 7) is 1.99. The molecule has 0 saturated carbocycles. The molecule has 0 aliphatic rings. The number of thioether (sulfide) groups is 1. The topological polar surface area (TPSA) is 87.9 Å². The maximum Gasteiger partial charge on any atom is 0.314 e. The van der Waals surface area contributed by atoms with E-state index in [-0.39, 0.29) is 35.0 Å². The monoisotopic (exact) mass is 431 g/mol. The summed E-state index contributed by atoms with van der Waals surface area (Å²) < 4.78 is 15.4. The van der Waals surface area contributed by atoms with Crippen molar-refractivity contribution in [2.24, 2.45) is 5.92 Å². The van der Waals surface area contributed by atoms with Crippen LogP contribution < -0.4 is 9.47 Å². The Morgan fingerprint density at radius 2 is 1.87 bits per heavy atom. The number of benzene rings is 2. The number of nitro groups is 1. The maximum absolute atomic E-state index is 11.6. The standard InChI is InChI=1S/C22H25NO6S/c1-15(9-8-12-20(24)28-3)22(30-17-10-6-5-7-11-17)18-13-16(27-2)14-19(23(25)26)21(18)29-4/h5-11,13-15,22H,12H2,1-4H3/b9-8+/t15-,22+/m0/s1. The third-order valence-electron chi connectivity index (χ3n) is 4.45. The van der Waals surface area contributed by atoms with Gasteiger partial charge >= 0.3 is 11.7 Å². The van der Waals surface area contributed by atoms with Gasteiger partial charge in [-0.3, -0.25) is 14.9 Å². The van der Waals surface area contributed by atoms with Crippen LogP contribution >= 0.6 is 11.8 Å². The number of methoxy groups -OCH3 is 3. The van der Waals surface area contributed by atoms with Crippen molar-refractivity contribution in [3.63, 3.8) is 0 Å². The highest BCUT2D eigenvalue weighted by Gasteiger charge is 2.29. The molecule has 0 radical (unpaired) electrons. The number of rotatable bonds is 10. The minimum absolute atomic E-state index is 0.0829. The second-order valence-corrected chi connectivity index (χ2v) is 7.66. The van der Waals surface area contributed by atoms with E-state index < -0.39 is 4.92 Å². The number of carbonyl (C=O) groups excluding carboxylic acids is 1. The van der Waals surface area contributed by atoms with E-state index in [0.29, 0.717) is 11.3 Å². The van der Waals surface area contributed by atoms with Crippen molar-refractivity contribution in [3.8, 4) is 11.5 Å². The predicted molar refractivity (Wildman–Crippen MR) is 116 cm³/mol. The van der Waals surface area contributed by atoms with Crippen molar-refractivity contribution >= 4 is 23.4 Å². The van der Waals surface area contributed by atoms with Gasteiger partial charge in [0.1, 0.15) is 5.75 Å². The molecule has 0 fully saturated rings. The number of carbonyl (C=O) groups is 1. The van der Waals surface area contributed by atoms with Crippen molar-refractivity contribution < 1.29 is 23.9 Å². The molecule has 160 valence electrons. The van der Waals surface area contributed by atoms with Crippen LogP contribution in [-0.4, -0.2) is 32.2 Å². The number of esters is 1. The van der Waals surface area contributed by atoms with Crippen molar-refractivity contribution in [1.29, 1.82) is 0 Å². The largest absolute Gasteiger partial charge is 0.496 e. The number of nitro benzene ring substituents is 1. The zero-order valence-corrected chi connectivity index (χ0v) is 18.2. The minimum atomic E-state index is -0.479. The number of ether oxygens (including phenoxy) is 3. The third-order valence-corrected chi connectivity index (χ3v) is 5.93. The Hall–Kier alpha value is -3.00. The van der Waals surface area contributed by atoms with Crippen LogP contribution in [0.4, 0.5) is 5.69 Å². The average molecular weight is 432 g/mol. The summed E-state index contributed by atoms with van der Waals surface area (Å²) >= 11 is 1.56. The van der Waals surface area contributed by atoms with Crippen molar-refractivity contribution in [3.05, 3.63) is 70.3 Å². The Morgan fingerprint density at radius 3 is 2.43 bits per heavy atom. The van der Waals surface area contributed by atoms with Crippen LogP contribution in [-0.2, 0) is 9.53 Å². The second-order valence-electron chi connectivity index (χ2n) is 6.45. The fourth-order valence-corrected chi connectivity index (χ4v) is 4.17. The first-order valence-electron chi connectivity index (χ1n) is 9.26. The Bertz CT molecular complexity index is 900. The summed E-state index contributed by atoms with van der Waals surface area (Å²) in [4.78, 5) is 23.6. The Labute approximate surface area is 180 Å². The lowest BCUT2D eigenvalue weighted by molar-refractivity contribution is -0.385. The van der Waals surface area contributed by atoms with Crippen molar-refractivity contribution in [2.75, 3.05) is 21.3 Å². The first-order chi connectivity index (χ1) is 14.4. The summed E-state index contributed by atoms with van der Waals surface area (Å²) in [5.74, 6) is 0.158. The fraction of sp³-hybridized carbons (Fsp3) is 0.318. The van der Waals surface area contributed by atoms with Gasteiger partial charge in [-0.25, -0.2) is 0 Å². The summed E-state index contributed by atoms with van der Waals surface area (Å²) in [5, 5.41) is 11.4. The van der Waals surface area contributed by atoms with Crippen LogP contribution in [0, 0.1) is 16.0 Å². The van der Waals surface area contributed by atoms with Crippen LogP contribution in [0.25, 0.3) is 0 Å². The Balaban J connectivity index is 2.53. The Kier molecular flexibility index (Phi) is 8.73. The zero-order chi connectivity index (χ0) is 22.1. The second kappa shape index (κ2) is 11.3. The molecule has 0 amide bonds. The van der Waals surface area contributed by atoms with Gasteiger partial charge in [0.2, 0.25) is 5.75 Å². The SMILES string of the molecule is COC(=O)C/C=C/[C@H](C)[C@@H](Sc1ccccc1)c1cc(OC)cc([N+](=O)[O-])c1OC. The molecule has 0 aromatic heterocycles. The minimum Gasteiger partial charge on any atom is -0.496 e. The van der Waals surface area contributed by atoms with Gasteiger partial charge in [0, 0.05) is 15.7 Å². The van der Waals surface area contributed by atoms with Crippen molar-refractivity contribution in [1.82, 2.24) is 0 Å². The summed E-state index contributed by atoms with van der Waals surface area (Å²) in [6.07, 6.45) is 3.80. The van der Waals surface area contributed by atoms with Crippen LogP contribution in [0.1, 0.15) is 24.2 Å². The molecular formula is C22H25NO6S. The summed E-state index contributed by atoms with van der Waals surface area (Å²) in [5.41, 5.74) is 0.490. The number of hydrogen-bond acceptors (Lipinski definition) is 7. The summed E-state index contributed by atoms with van der Waals surface area (Å²) in [7, 11) is 4.22. The molecule has 30 heavy (non-hydrogen) atoms. The highest BCUT2D eigenvalue weighted by atomic mass is 32.2. The first kappa shape index (κ1) is 23.3. The highest BCUT2D eigenvalue weighted by molar-refractivity contribution is 7.99. The highest BCUT2D eigenvalue weighted by Crippen LogP contribution is 2.48. The van der Waals surface area contributed by atoms with E-state index in [1.807, 2.05) is 43.3 Å². The molecule has 8 heteroatoms. The lowest BCUT2D eigenvalue weighted by Gasteiger charge is -2.24. The van der Waals surface area contributed by atoms with Crippen molar-refractivity contribution in [2.45, 2.75) is 23.5 Å². The van der Waals surface area contributed by atoms with E-state index in [9.17, 15) is 14.9 Å². The molecule has 0 bridgehead atoms. The van der Waals surface area contributed by atoms with Gasteiger partial charge in [0.05, 0.1) is 38.7 Å². The number of allylic oxidation sites excluding steroid dienone is 1. The van der Waals surface area contributed by atoms with E-state index >= 15 is 0 Å². The molecule has 0 heterocycles. The van der Waals surface area contributed by atoms with Gasteiger partial charge in [-0.05, 0) is 24.1 Å². The van der Waals surface area contributed by atoms with E-state index in [0.717, 1.165) is 4.90 Å². The molecule has 2 aromatic rings. The molecule has 0 unspecified atom stereocenters. The normalized spacial score (nSPS) is 12.9. The molecule has 2 atom stereocenters. The van der Waals surface area contributed by atoms with Gasteiger partial charge in [-0.2, -0.15) is 0 Å². The first-order valence-corrected chi connectivity index (χ1v) is 10.1. The molecule has 2 aromatic carbocycles. The quantitative estimate of drug-likeness (QED) is 0.168. The van der Waals surface area contributed by atoms with Gasteiger partial charge in [0.15, 0.2) is 0 Å². The fourth-order valence-electron chi connectivity index (χ4n) is 2.96. The van der Waals surface area contributed by atoms with Crippen LogP contribution in [0.15, 0.2) is 59.5 Å². The van der Waals surface area contributed by atoms with Gasteiger partial charge in [-0.15, -0.1) is 11.8 Å².